The molecule has 2 rings (SSSR count). The predicted octanol–water partition coefficient (Wildman–Crippen LogP) is 1.90. The van der Waals surface area contributed by atoms with Crippen LogP contribution in [0.15, 0.2) is 22.0 Å². The van der Waals surface area contributed by atoms with Gasteiger partial charge in [0.15, 0.2) is 6.61 Å². The summed E-state index contributed by atoms with van der Waals surface area (Å²) in [4.78, 5) is 39.7. The normalized spacial score (nSPS) is 11.6. The minimum atomic E-state index is -0.697. The molecule has 0 aliphatic carbocycles. The van der Waals surface area contributed by atoms with Crippen LogP contribution in [-0.4, -0.2) is 40.7 Å². The van der Waals surface area contributed by atoms with E-state index in [0.29, 0.717) is 11.7 Å². The first-order valence-corrected chi connectivity index (χ1v) is 8.98. The summed E-state index contributed by atoms with van der Waals surface area (Å²) in [5.41, 5.74) is 0. The summed E-state index contributed by atoms with van der Waals surface area (Å²) in [5.74, 6) is -0.520. The van der Waals surface area contributed by atoms with Crippen molar-refractivity contribution < 1.29 is 23.6 Å². The molecule has 9 nitrogen and oxygen atoms in total. The lowest BCUT2D eigenvalue weighted by Gasteiger charge is -2.11. The quantitative estimate of drug-likeness (QED) is 0.670. The van der Waals surface area contributed by atoms with Gasteiger partial charge in [-0.2, -0.15) is 4.98 Å². The molecule has 26 heavy (non-hydrogen) atoms. The van der Waals surface area contributed by atoms with Crippen molar-refractivity contribution in [2.45, 2.75) is 39.2 Å². The van der Waals surface area contributed by atoms with Gasteiger partial charge in [-0.3, -0.25) is 14.9 Å². The molecule has 2 aromatic rings. The molecule has 2 N–H and O–H groups in total. The van der Waals surface area contributed by atoms with Crippen LogP contribution in [0.4, 0.5) is 4.79 Å². The van der Waals surface area contributed by atoms with Gasteiger partial charge in [-0.05, 0) is 24.8 Å². The lowest BCUT2D eigenvalue weighted by atomic mass is 10.3. The minimum Gasteiger partial charge on any atom is -0.456 e. The number of aromatic nitrogens is 2. The first-order chi connectivity index (χ1) is 12.5. The molecular weight excluding hydrogens is 360 g/mol. The third-order valence-electron chi connectivity index (χ3n) is 3.36. The summed E-state index contributed by atoms with van der Waals surface area (Å²) in [6, 6.07) is 3.07. The average molecular weight is 380 g/mol. The highest BCUT2D eigenvalue weighted by atomic mass is 32.1. The average Bonchev–Trinajstić information content (AvgIpc) is 3.28. The SMILES string of the molecule is CC[C@@H](C)NC(=O)NC(=O)COC(=O)CCc1nc(-c2cccs2)no1. The molecule has 10 heteroatoms. The van der Waals surface area contributed by atoms with Crippen molar-refractivity contribution >= 4 is 29.2 Å². The van der Waals surface area contributed by atoms with Gasteiger partial charge in [0, 0.05) is 12.5 Å². The lowest BCUT2D eigenvalue weighted by Crippen LogP contribution is -2.44. The molecule has 0 unspecified atom stereocenters. The Bertz CT molecular complexity index is 744. The van der Waals surface area contributed by atoms with Gasteiger partial charge >= 0.3 is 12.0 Å². The van der Waals surface area contributed by atoms with E-state index in [2.05, 4.69) is 20.8 Å². The molecule has 0 saturated heterocycles. The Balaban J connectivity index is 1.67. The van der Waals surface area contributed by atoms with Crippen LogP contribution in [0, 0.1) is 0 Å². The second-order valence-electron chi connectivity index (χ2n) is 5.48. The van der Waals surface area contributed by atoms with E-state index in [0.717, 1.165) is 11.3 Å². The highest BCUT2D eigenvalue weighted by molar-refractivity contribution is 7.13. The van der Waals surface area contributed by atoms with E-state index in [1.165, 1.54) is 11.3 Å². The smallest absolute Gasteiger partial charge is 0.321 e. The Morgan fingerprint density at radius 1 is 1.38 bits per heavy atom. The van der Waals surface area contributed by atoms with Crippen molar-refractivity contribution in [3.05, 3.63) is 23.4 Å². The van der Waals surface area contributed by atoms with Crippen molar-refractivity contribution in [3.8, 4) is 10.7 Å². The number of imide groups is 1. The summed E-state index contributed by atoms with van der Waals surface area (Å²) >= 11 is 1.48. The van der Waals surface area contributed by atoms with Gasteiger partial charge in [0.05, 0.1) is 11.3 Å². The van der Waals surface area contributed by atoms with Crippen molar-refractivity contribution in [1.29, 1.82) is 0 Å². The van der Waals surface area contributed by atoms with Crippen LogP contribution < -0.4 is 10.6 Å². The predicted molar refractivity (Wildman–Crippen MR) is 93.3 cm³/mol. The number of thiophene rings is 1. The van der Waals surface area contributed by atoms with Crippen LogP contribution in [-0.2, 0) is 20.7 Å². The van der Waals surface area contributed by atoms with Gasteiger partial charge in [-0.1, -0.05) is 18.1 Å². The molecule has 0 radical (unpaired) electrons. The number of aryl methyl sites for hydroxylation is 1. The number of esters is 1. The maximum absolute atomic E-state index is 11.7. The van der Waals surface area contributed by atoms with Crippen molar-refractivity contribution in [2.75, 3.05) is 6.61 Å². The van der Waals surface area contributed by atoms with Gasteiger partial charge < -0.3 is 14.6 Å². The zero-order valence-electron chi connectivity index (χ0n) is 14.5. The third-order valence-corrected chi connectivity index (χ3v) is 4.23. The van der Waals surface area contributed by atoms with E-state index in [4.69, 9.17) is 9.26 Å². The van der Waals surface area contributed by atoms with Crippen LogP contribution in [0.5, 0.6) is 0 Å². The molecule has 0 aliphatic heterocycles. The molecule has 2 aromatic heterocycles. The van der Waals surface area contributed by atoms with Gasteiger partial charge in [0.25, 0.3) is 5.91 Å². The number of carbonyl (C=O) groups excluding carboxylic acids is 3. The molecule has 0 aliphatic rings. The first-order valence-electron chi connectivity index (χ1n) is 8.10. The molecule has 0 bridgehead atoms. The zero-order chi connectivity index (χ0) is 18.9. The molecule has 2 heterocycles. The first kappa shape index (κ1) is 19.6. The van der Waals surface area contributed by atoms with Crippen LogP contribution in [0.1, 0.15) is 32.6 Å². The summed E-state index contributed by atoms with van der Waals surface area (Å²) in [5, 5.41) is 10.4. The van der Waals surface area contributed by atoms with Crippen molar-refractivity contribution in [1.82, 2.24) is 20.8 Å². The lowest BCUT2D eigenvalue weighted by molar-refractivity contribution is -0.148. The standard InChI is InChI=1S/C16H20N4O5S/c1-3-10(2)17-16(23)18-12(21)9-24-14(22)7-6-13-19-15(20-25-13)11-5-4-8-26-11/h4-5,8,10H,3,6-7,9H2,1-2H3,(H2,17,18,21,23)/t10-/m1/s1. The fourth-order valence-corrected chi connectivity index (χ4v) is 2.46. The maximum Gasteiger partial charge on any atom is 0.321 e. The van der Waals surface area contributed by atoms with E-state index in [-0.39, 0.29) is 18.9 Å². The summed E-state index contributed by atoms with van der Waals surface area (Å²) < 4.78 is 9.89. The van der Waals surface area contributed by atoms with E-state index < -0.39 is 24.5 Å². The summed E-state index contributed by atoms with van der Waals surface area (Å²) in [6.45, 7) is 3.18. The van der Waals surface area contributed by atoms with Gasteiger partial charge in [-0.15, -0.1) is 11.3 Å². The molecule has 3 amide bonds. The van der Waals surface area contributed by atoms with E-state index in [1.807, 2.05) is 31.4 Å². The Kier molecular flexibility index (Phi) is 7.27. The molecule has 0 fully saturated rings. The van der Waals surface area contributed by atoms with E-state index in [1.54, 1.807) is 0 Å². The Labute approximate surface area is 154 Å². The van der Waals surface area contributed by atoms with Crippen molar-refractivity contribution in [2.24, 2.45) is 0 Å². The minimum absolute atomic E-state index is 0.0155. The molecule has 0 spiro atoms. The highest BCUT2D eigenvalue weighted by Gasteiger charge is 2.14. The monoisotopic (exact) mass is 380 g/mol. The van der Waals surface area contributed by atoms with Gasteiger partial charge in [-0.25, -0.2) is 4.79 Å². The zero-order valence-corrected chi connectivity index (χ0v) is 15.3. The number of carbonyl (C=O) groups is 3. The highest BCUT2D eigenvalue weighted by Crippen LogP contribution is 2.21. The second kappa shape index (κ2) is 9.66. The number of ether oxygens (including phenoxy) is 1. The number of nitrogens with zero attached hydrogens (tertiary/aromatic N) is 2. The Morgan fingerprint density at radius 3 is 2.88 bits per heavy atom. The number of hydrogen-bond acceptors (Lipinski definition) is 8. The maximum atomic E-state index is 11.7. The second-order valence-corrected chi connectivity index (χ2v) is 6.43. The van der Waals surface area contributed by atoms with Gasteiger partial charge in [0.1, 0.15) is 0 Å². The van der Waals surface area contributed by atoms with Gasteiger partial charge in [0.2, 0.25) is 11.7 Å². The molecular formula is C16H20N4O5S. The third kappa shape index (κ3) is 6.28. The van der Waals surface area contributed by atoms with Crippen molar-refractivity contribution in [3.63, 3.8) is 0 Å². The molecule has 0 aromatic carbocycles. The number of rotatable bonds is 8. The number of urea groups is 1. The molecule has 1 atom stereocenters. The fourth-order valence-electron chi connectivity index (χ4n) is 1.81. The molecule has 140 valence electrons. The van der Waals surface area contributed by atoms with E-state index in [9.17, 15) is 14.4 Å². The summed E-state index contributed by atoms with van der Waals surface area (Å²) in [7, 11) is 0. The Morgan fingerprint density at radius 2 is 2.19 bits per heavy atom. The largest absolute Gasteiger partial charge is 0.456 e. The number of amides is 3. The van der Waals surface area contributed by atoms with Crippen LogP contribution in [0.25, 0.3) is 10.7 Å². The molecule has 0 saturated carbocycles. The Hall–Kier alpha value is -2.75. The number of hydrogen-bond donors (Lipinski definition) is 2. The summed E-state index contributed by atoms with van der Waals surface area (Å²) in [6.07, 6.45) is 0.923. The fraction of sp³-hybridized carbons (Fsp3) is 0.438. The number of nitrogens with one attached hydrogen (secondary N) is 2. The van der Waals surface area contributed by atoms with Crippen LogP contribution in [0.2, 0.25) is 0 Å². The van der Waals surface area contributed by atoms with Crippen LogP contribution >= 0.6 is 11.3 Å². The van der Waals surface area contributed by atoms with Crippen LogP contribution in [0.3, 0.4) is 0 Å². The topological polar surface area (TPSA) is 123 Å². The van der Waals surface area contributed by atoms with E-state index >= 15 is 0 Å².